The average molecular weight is 350 g/mol. The van der Waals surface area contributed by atoms with E-state index in [-0.39, 0.29) is 6.54 Å². The van der Waals surface area contributed by atoms with Gasteiger partial charge >= 0.3 is 6.09 Å². The average Bonchev–Trinajstić information content (AvgIpc) is 2.51. The van der Waals surface area contributed by atoms with Crippen molar-refractivity contribution in [2.45, 2.75) is 6.04 Å². The summed E-state index contributed by atoms with van der Waals surface area (Å²) in [5.41, 5.74) is 0.870. The van der Waals surface area contributed by atoms with Crippen LogP contribution in [0.25, 0.3) is 0 Å². The van der Waals surface area contributed by atoms with Crippen LogP contribution in [-0.2, 0) is 0 Å². The van der Waals surface area contributed by atoms with Crippen molar-refractivity contribution in [1.82, 2.24) is 10.2 Å². The third kappa shape index (κ3) is 4.15. The van der Waals surface area contributed by atoms with Crippen molar-refractivity contribution in [1.29, 1.82) is 0 Å². The van der Waals surface area contributed by atoms with E-state index in [2.05, 4.69) is 10.2 Å². The Morgan fingerprint density at radius 2 is 2.00 bits per heavy atom. The number of halogens is 3. The highest BCUT2D eigenvalue weighted by molar-refractivity contribution is 6.43. The number of benzene rings is 1. The second-order valence-electron chi connectivity index (χ2n) is 5.09. The molecule has 2 rings (SSSR count). The molecule has 1 aliphatic heterocycles. The van der Waals surface area contributed by atoms with Gasteiger partial charge in [-0.3, -0.25) is 4.90 Å². The monoisotopic (exact) mass is 349 g/mol. The summed E-state index contributed by atoms with van der Waals surface area (Å²) >= 11 is 12.2. The van der Waals surface area contributed by atoms with Gasteiger partial charge in [0.15, 0.2) is 0 Å². The number of carbonyl (C=O) groups is 1. The highest BCUT2D eigenvalue weighted by Crippen LogP contribution is 2.32. The number of anilines is 1. The molecule has 1 aromatic rings. The first-order chi connectivity index (χ1) is 10.5. The second-order valence-corrected chi connectivity index (χ2v) is 5.88. The standard InChI is InChI=1S/C14H18Cl2FN3O2/c15-11-2-1-3-12(13(11)16)20-6-4-19(5-7-20)10(8-17)9-18-14(21)22/h1-3,10,18H,4-9H2,(H,21,22). The van der Waals surface area contributed by atoms with Gasteiger partial charge in [-0.2, -0.15) is 0 Å². The van der Waals surface area contributed by atoms with Crippen molar-refractivity contribution in [3.63, 3.8) is 0 Å². The van der Waals surface area contributed by atoms with E-state index in [1.165, 1.54) is 0 Å². The van der Waals surface area contributed by atoms with E-state index >= 15 is 0 Å². The molecule has 22 heavy (non-hydrogen) atoms. The lowest BCUT2D eigenvalue weighted by Gasteiger charge is -2.39. The van der Waals surface area contributed by atoms with Gasteiger partial charge < -0.3 is 15.3 Å². The van der Waals surface area contributed by atoms with E-state index < -0.39 is 18.8 Å². The molecule has 1 heterocycles. The number of rotatable bonds is 5. The van der Waals surface area contributed by atoms with Crippen molar-refractivity contribution in [2.24, 2.45) is 0 Å². The summed E-state index contributed by atoms with van der Waals surface area (Å²) in [6.45, 7) is 2.15. The van der Waals surface area contributed by atoms with Gasteiger partial charge in [-0.15, -0.1) is 0 Å². The van der Waals surface area contributed by atoms with Crippen molar-refractivity contribution < 1.29 is 14.3 Å². The van der Waals surface area contributed by atoms with Gasteiger partial charge in [0.1, 0.15) is 6.67 Å². The Labute approximate surface area is 138 Å². The molecule has 1 saturated heterocycles. The van der Waals surface area contributed by atoms with Gasteiger partial charge in [0.25, 0.3) is 0 Å². The fraction of sp³-hybridized carbons (Fsp3) is 0.500. The first-order valence-corrected chi connectivity index (χ1v) is 7.74. The molecule has 0 saturated carbocycles. The molecular formula is C14H18Cl2FN3O2. The molecule has 1 fully saturated rings. The number of nitrogens with one attached hydrogen (secondary N) is 1. The zero-order valence-corrected chi connectivity index (χ0v) is 13.4. The lowest BCUT2D eigenvalue weighted by molar-refractivity contribution is 0.147. The molecule has 8 heteroatoms. The largest absolute Gasteiger partial charge is 0.465 e. The third-order valence-corrected chi connectivity index (χ3v) is 4.58. The van der Waals surface area contributed by atoms with Gasteiger partial charge in [0.2, 0.25) is 0 Å². The van der Waals surface area contributed by atoms with Gasteiger partial charge in [-0.25, -0.2) is 9.18 Å². The van der Waals surface area contributed by atoms with E-state index in [9.17, 15) is 9.18 Å². The van der Waals surface area contributed by atoms with Crippen LogP contribution in [0.1, 0.15) is 0 Å². The molecule has 0 radical (unpaired) electrons. The SMILES string of the molecule is O=C(O)NCC(CF)N1CCN(c2cccc(Cl)c2Cl)CC1. The fourth-order valence-electron chi connectivity index (χ4n) is 2.55. The first-order valence-electron chi connectivity index (χ1n) is 6.98. The van der Waals surface area contributed by atoms with E-state index in [4.69, 9.17) is 28.3 Å². The molecule has 1 unspecified atom stereocenters. The summed E-state index contributed by atoms with van der Waals surface area (Å²) in [7, 11) is 0. The van der Waals surface area contributed by atoms with Crippen LogP contribution >= 0.6 is 23.2 Å². The molecule has 0 aromatic heterocycles. The van der Waals surface area contributed by atoms with Crippen LogP contribution in [0.3, 0.4) is 0 Å². The quantitative estimate of drug-likeness (QED) is 0.858. The predicted octanol–water partition coefficient (Wildman–Crippen LogP) is 2.72. The summed E-state index contributed by atoms with van der Waals surface area (Å²) in [5.74, 6) is 0. The van der Waals surface area contributed by atoms with E-state index in [1.807, 2.05) is 17.0 Å². The predicted molar refractivity (Wildman–Crippen MR) is 86.0 cm³/mol. The Kier molecular flexibility index (Phi) is 6.11. The number of nitrogens with zero attached hydrogens (tertiary/aromatic N) is 2. The van der Waals surface area contributed by atoms with Gasteiger partial charge in [0.05, 0.1) is 21.8 Å². The molecule has 5 nitrogen and oxygen atoms in total. The smallest absolute Gasteiger partial charge is 0.404 e. The maximum atomic E-state index is 13.1. The zero-order valence-electron chi connectivity index (χ0n) is 11.9. The van der Waals surface area contributed by atoms with Crippen molar-refractivity contribution in [2.75, 3.05) is 44.3 Å². The van der Waals surface area contributed by atoms with E-state index in [0.717, 1.165) is 5.69 Å². The normalized spacial score (nSPS) is 17.3. The lowest BCUT2D eigenvalue weighted by Crippen LogP contribution is -2.54. The van der Waals surface area contributed by atoms with E-state index in [1.54, 1.807) is 6.07 Å². The fourth-order valence-corrected chi connectivity index (χ4v) is 2.97. The summed E-state index contributed by atoms with van der Waals surface area (Å²) in [6, 6.07) is 5.05. The van der Waals surface area contributed by atoms with Crippen molar-refractivity contribution in [3.05, 3.63) is 28.2 Å². The molecule has 122 valence electrons. The van der Waals surface area contributed by atoms with Crippen LogP contribution in [0.5, 0.6) is 0 Å². The molecule has 1 atom stereocenters. The highest BCUT2D eigenvalue weighted by atomic mass is 35.5. The van der Waals surface area contributed by atoms with Gasteiger partial charge in [-0.05, 0) is 12.1 Å². The van der Waals surface area contributed by atoms with Crippen LogP contribution in [-0.4, -0.2) is 61.5 Å². The minimum atomic E-state index is -1.14. The highest BCUT2D eigenvalue weighted by Gasteiger charge is 2.25. The molecule has 1 aromatic carbocycles. The number of alkyl halides is 1. The van der Waals surface area contributed by atoms with Crippen molar-refractivity contribution in [3.8, 4) is 0 Å². The number of amides is 1. The van der Waals surface area contributed by atoms with Crippen LogP contribution in [0.15, 0.2) is 18.2 Å². The summed E-state index contributed by atoms with van der Waals surface area (Å²) in [6.07, 6.45) is -1.14. The number of piperazine rings is 1. The first kappa shape index (κ1) is 17.1. The summed E-state index contributed by atoms with van der Waals surface area (Å²) in [5, 5.41) is 11.9. The molecule has 1 amide bonds. The molecule has 0 aliphatic carbocycles. The van der Waals surface area contributed by atoms with Crippen LogP contribution in [0.2, 0.25) is 10.0 Å². The van der Waals surface area contributed by atoms with E-state index in [0.29, 0.717) is 36.2 Å². The number of hydrogen-bond donors (Lipinski definition) is 2. The Hall–Kier alpha value is -1.24. The minimum Gasteiger partial charge on any atom is -0.465 e. The van der Waals surface area contributed by atoms with Crippen LogP contribution < -0.4 is 10.2 Å². The Bertz CT molecular complexity index is 525. The van der Waals surface area contributed by atoms with Crippen LogP contribution in [0.4, 0.5) is 14.9 Å². The second kappa shape index (κ2) is 7.85. The van der Waals surface area contributed by atoms with Gasteiger partial charge in [-0.1, -0.05) is 29.3 Å². The lowest BCUT2D eigenvalue weighted by atomic mass is 10.2. The number of hydrogen-bond acceptors (Lipinski definition) is 3. The molecule has 0 bridgehead atoms. The topological polar surface area (TPSA) is 55.8 Å². The van der Waals surface area contributed by atoms with Crippen LogP contribution in [0, 0.1) is 0 Å². The third-order valence-electron chi connectivity index (χ3n) is 3.77. The van der Waals surface area contributed by atoms with Crippen molar-refractivity contribution >= 4 is 35.0 Å². The van der Waals surface area contributed by atoms with Gasteiger partial charge in [0, 0.05) is 32.7 Å². The molecule has 0 spiro atoms. The maximum absolute atomic E-state index is 13.1. The molecule has 2 N–H and O–H groups in total. The summed E-state index contributed by atoms with van der Waals surface area (Å²) in [4.78, 5) is 14.6. The number of carboxylic acid groups (broad SMARTS) is 1. The Morgan fingerprint density at radius 3 is 2.59 bits per heavy atom. The minimum absolute atomic E-state index is 0.0871. The molecular weight excluding hydrogens is 332 g/mol. The Balaban J connectivity index is 1.94. The zero-order chi connectivity index (χ0) is 16.1. The molecule has 1 aliphatic rings. The Morgan fingerprint density at radius 1 is 1.32 bits per heavy atom. The summed E-state index contributed by atoms with van der Waals surface area (Å²) < 4.78 is 13.1. The maximum Gasteiger partial charge on any atom is 0.404 e.